The monoisotopic (exact) mass is 594 g/mol. The highest BCUT2D eigenvalue weighted by molar-refractivity contribution is 6.55. The smallest absolute Gasteiger partial charge is 0.267 e. The molecule has 1 heterocycles. The van der Waals surface area contributed by atoms with E-state index in [1.54, 1.807) is 24.3 Å². The highest BCUT2D eigenvalue weighted by Crippen LogP contribution is 2.45. The predicted octanol–water partition coefficient (Wildman–Crippen LogP) is 8.11. The number of hydrogen-bond acceptors (Lipinski definition) is 3. The Labute approximate surface area is 228 Å². The minimum absolute atomic E-state index is 0.0408. The van der Waals surface area contributed by atoms with Gasteiger partial charge in [0.15, 0.2) is 0 Å². The Morgan fingerprint density at radius 1 is 0.735 bits per heavy atom. The van der Waals surface area contributed by atoms with E-state index in [0.29, 0.717) is 15.6 Å². The summed E-state index contributed by atoms with van der Waals surface area (Å²) in [5.74, 6) is -2.59. The molecule has 0 atom stereocenters. The zero-order chi connectivity index (χ0) is 24.9. The summed E-state index contributed by atoms with van der Waals surface area (Å²) in [6, 6.07) is 10.7. The van der Waals surface area contributed by atoms with Crippen molar-refractivity contribution in [2.45, 2.75) is 6.54 Å². The van der Waals surface area contributed by atoms with Crippen LogP contribution in [0.4, 0.5) is 0 Å². The molecule has 0 saturated heterocycles. The molecule has 0 spiro atoms. The fourth-order valence-electron chi connectivity index (χ4n) is 3.37. The van der Waals surface area contributed by atoms with Crippen molar-refractivity contribution >= 4 is 98.9 Å². The average Bonchev–Trinajstić information content (AvgIpc) is 3.06. The summed E-state index contributed by atoms with van der Waals surface area (Å²) in [6.45, 7) is -0.289. The Hall–Kier alpha value is -1.70. The Kier molecular flexibility index (Phi) is 7.28. The van der Waals surface area contributed by atoms with E-state index in [9.17, 15) is 14.4 Å². The molecule has 34 heavy (non-hydrogen) atoms. The van der Waals surface area contributed by atoms with Crippen molar-refractivity contribution in [3.05, 3.63) is 99.9 Å². The number of benzene rings is 3. The third kappa shape index (κ3) is 4.24. The summed E-state index contributed by atoms with van der Waals surface area (Å²) < 4.78 is 0. The van der Waals surface area contributed by atoms with E-state index in [1.165, 1.54) is 18.2 Å². The van der Waals surface area contributed by atoms with Crippen LogP contribution in [0.5, 0.6) is 0 Å². The number of halogens is 7. The molecular formula is C22H9Cl7N2O3. The standard InChI is InChI=1S/C22H9Cl7N2O3/c23-10-6-5-9(13(25)7-10)8-30(20(32)11-3-1-2-4-12(11)24)31-21(33)14-15(22(31)34)17(27)19(29)18(28)16(14)26/h1-7H,8H2. The number of hydrazine groups is 1. The maximum Gasteiger partial charge on any atom is 0.282 e. The highest BCUT2D eigenvalue weighted by Gasteiger charge is 2.46. The molecule has 174 valence electrons. The summed E-state index contributed by atoms with van der Waals surface area (Å²) in [5.41, 5.74) is -0.106. The van der Waals surface area contributed by atoms with E-state index >= 15 is 0 Å². The van der Waals surface area contributed by atoms with E-state index < -0.39 is 17.7 Å². The molecule has 0 unspecified atom stereocenters. The van der Waals surface area contributed by atoms with Gasteiger partial charge in [-0.3, -0.25) is 14.4 Å². The van der Waals surface area contributed by atoms with E-state index in [4.69, 9.17) is 81.2 Å². The largest absolute Gasteiger partial charge is 0.282 e. The summed E-state index contributed by atoms with van der Waals surface area (Å²) in [6.07, 6.45) is 0. The number of nitrogens with zero attached hydrogens (tertiary/aromatic N) is 2. The van der Waals surface area contributed by atoms with Gasteiger partial charge in [0.05, 0.1) is 48.3 Å². The Balaban J connectivity index is 1.88. The molecule has 0 aliphatic carbocycles. The first-order valence-corrected chi connectivity index (χ1v) is 11.9. The highest BCUT2D eigenvalue weighted by atomic mass is 35.5. The van der Waals surface area contributed by atoms with Gasteiger partial charge >= 0.3 is 0 Å². The van der Waals surface area contributed by atoms with Gasteiger partial charge < -0.3 is 0 Å². The van der Waals surface area contributed by atoms with Crippen LogP contribution in [0.3, 0.4) is 0 Å². The number of hydrogen-bond donors (Lipinski definition) is 0. The van der Waals surface area contributed by atoms with E-state index in [0.717, 1.165) is 5.01 Å². The van der Waals surface area contributed by atoms with Crippen molar-refractivity contribution in [3.8, 4) is 0 Å². The van der Waals surface area contributed by atoms with Crippen LogP contribution < -0.4 is 0 Å². The molecule has 0 bridgehead atoms. The number of amides is 3. The molecule has 0 saturated carbocycles. The second-order valence-corrected chi connectivity index (χ2v) is 9.77. The van der Waals surface area contributed by atoms with Gasteiger partial charge in [0.2, 0.25) is 0 Å². The normalized spacial score (nSPS) is 12.9. The fourth-order valence-corrected chi connectivity index (χ4v) is 5.07. The number of rotatable bonds is 4. The molecule has 3 aromatic rings. The first-order chi connectivity index (χ1) is 16.0. The minimum atomic E-state index is -0.920. The van der Waals surface area contributed by atoms with Crippen molar-refractivity contribution in [1.82, 2.24) is 10.0 Å². The zero-order valence-corrected chi connectivity index (χ0v) is 21.8. The SMILES string of the molecule is O=C(c1ccccc1Cl)N(Cc1ccc(Cl)cc1Cl)N1C(=O)c2c(Cl)c(Cl)c(Cl)c(Cl)c2C1=O. The molecule has 1 aliphatic heterocycles. The molecule has 4 rings (SSSR count). The van der Waals surface area contributed by atoms with Gasteiger partial charge in [0.1, 0.15) is 0 Å². The molecular weight excluding hydrogens is 588 g/mol. The molecule has 0 fully saturated rings. The number of carbonyl (C=O) groups excluding carboxylic acids is 3. The van der Waals surface area contributed by atoms with E-state index in [-0.39, 0.29) is 53.4 Å². The third-order valence-corrected chi connectivity index (χ3v) is 7.71. The topological polar surface area (TPSA) is 57.7 Å². The second kappa shape index (κ2) is 9.75. The molecule has 3 amide bonds. The zero-order valence-electron chi connectivity index (χ0n) is 16.5. The van der Waals surface area contributed by atoms with Crippen molar-refractivity contribution in [2.75, 3.05) is 0 Å². The van der Waals surface area contributed by atoms with Gasteiger partial charge in [0, 0.05) is 10.0 Å². The molecule has 0 radical (unpaired) electrons. The van der Waals surface area contributed by atoms with Crippen molar-refractivity contribution in [3.63, 3.8) is 0 Å². The van der Waals surface area contributed by atoms with Gasteiger partial charge in [-0.15, -0.1) is 0 Å². The first-order valence-electron chi connectivity index (χ1n) is 9.29. The van der Waals surface area contributed by atoms with Crippen LogP contribution in [-0.4, -0.2) is 27.7 Å². The lowest BCUT2D eigenvalue weighted by Crippen LogP contribution is -2.49. The van der Waals surface area contributed by atoms with E-state index in [1.807, 2.05) is 0 Å². The summed E-state index contributed by atoms with van der Waals surface area (Å²) in [7, 11) is 0. The quantitative estimate of drug-likeness (QED) is 0.174. The van der Waals surface area contributed by atoms with Crippen LogP contribution in [0.1, 0.15) is 36.6 Å². The van der Waals surface area contributed by atoms with Crippen LogP contribution >= 0.6 is 81.2 Å². The minimum Gasteiger partial charge on any atom is -0.267 e. The summed E-state index contributed by atoms with van der Waals surface area (Å²) in [4.78, 5) is 40.4. The van der Waals surface area contributed by atoms with Gasteiger partial charge in [-0.2, -0.15) is 5.01 Å². The van der Waals surface area contributed by atoms with Gasteiger partial charge in [-0.05, 0) is 29.8 Å². The number of imide groups is 1. The second-order valence-electron chi connectivity index (χ2n) is 7.01. The molecule has 12 heteroatoms. The lowest BCUT2D eigenvalue weighted by Gasteiger charge is -2.30. The van der Waals surface area contributed by atoms with Crippen molar-refractivity contribution < 1.29 is 14.4 Å². The van der Waals surface area contributed by atoms with Crippen LogP contribution in [0.15, 0.2) is 42.5 Å². The van der Waals surface area contributed by atoms with Crippen LogP contribution in [-0.2, 0) is 6.54 Å². The van der Waals surface area contributed by atoms with Crippen LogP contribution in [0, 0.1) is 0 Å². The number of fused-ring (bicyclic) bond motifs is 1. The van der Waals surface area contributed by atoms with Crippen molar-refractivity contribution in [1.29, 1.82) is 0 Å². The number of carbonyl (C=O) groups is 3. The van der Waals surface area contributed by atoms with Crippen LogP contribution in [0.25, 0.3) is 0 Å². The molecule has 1 aliphatic rings. The summed E-state index contributed by atoms with van der Waals surface area (Å²) in [5, 5.41) is 1.28. The Morgan fingerprint density at radius 2 is 1.29 bits per heavy atom. The van der Waals surface area contributed by atoms with E-state index in [2.05, 4.69) is 0 Å². The Bertz CT molecular complexity index is 1350. The Morgan fingerprint density at radius 3 is 1.82 bits per heavy atom. The van der Waals surface area contributed by atoms with Crippen LogP contribution in [0.2, 0.25) is 35.2 Å². The van der Waals surface area contributed by atoms with Gasteiger partial charge in [-0.25, -0.2) is 5.01 Å². The molecule has 3 aromatic carbocycles. The van der Waals surface area contributed by atoms with Gasteiger partial charge in [-0.1, -0.05) is 99.4 Å². The average molecular weight is 597 g/mol. The molecule has 5 nitrogen and oxygen atoms in total. The summed E-state index contributed by atoms with van der Waals surface area (Å²) >= 11 is 43.2. The maximum absolute atomic E-state index is 13.6. The lowest BCUT2D eigenvalue weighted by atomic mass is 10.1. The predicted molar refractivity (Wildman–Crippen MR) is 135 cm³/mol. The maximum atomic E-state index is 13.6. The molecule has 0 N–H and O–H groups in total. The third-order valence-electron chi connectivity index (χ3n) is 4.99. The van der Waals surface area contributed by atoms with Gasteiger partial charge in [0.25, 0.3) is 17.7 Å². The molecule has 0 aromatic heterocycles. The fraction of sp³-hybridized carbons (Fsp3) is 0.0455. The van der Waals surface area contributed by atoms with Crippen molar-refractivity contribution in [2.24, 2.45) is 0 Å². The lowest BCUT2D eigenvalue weighted by molar-refractivity contribution is 0.000892. The first kappa shape index (κ1) is 25.4.